The van der Waals surface area contributed by atoms with Gasteiger partial charge in [-0.2, -0.15) is 0 Å². The Morgan fingerprint density at radius 2 is 2.05 bits per heavy atom. The van der Waals surface area contributed by atoms with E-state index < -0.39 is 10.0 Å². The van der Waals surface area contributed by atoms with Gasteiger partial charge in [0.15, 0.2) is 5.96 Å². The summed E-state index contributed by atoms with van der Waals surface area (Å²) in [7, 11) is -3.10. The van der Waals surface area contributed by atoms with Crippen LogP contribution in [0.4, 0.5) is 0 Å². The highest BCUT2D eigenvalue weighted by Gasteiger charge is 2.15. The van der Waals surface area contributed by atoms with Crippen LogP contribution in [0, 0.1) is 0 Å². The quantitative estimate of drug-likeness (QED) is 0.406. The maximum atomic E-state index is 11.4. The van der Waals surface area contributed by atoms with Crippen molar-refractivity contribution in [1.82, 2.24) is 9.62 Å². The van der Waals surface area contributed by atoms with Gasteiger partial charge in [0.2, 0.25) is 10.0 Å². The molecule has 0 unspecified atom stereocenters. The van der Waals surface area contributed by atoms with Crippen LogP contribution < -0.4 is 11.1 Å². The van der Waals surface area contributed by atoms with Crippen molar-refractivity contribution in [2.45, 2.75) is 45.1 Å². The minimum Gasteiger partial charge on any atom is -0.370 e. The fraction of sp³-hybridized carbons (Fsp3) is 0.917. The molecule has 0 spiro atoms. The lowest BCUT2D eigenvalue weighted by molar-refractivity contribution is 0.427. The van der Waals surface area contributed by atoms with Crippen LogP contribution in [0.25, 0.3) is 0 Å². The Morgan fingerprint density at radius 1 is 1.42 bits per heavy atom. The molecule has 0 aromatic carbocycles. The van der Waals surface area contributed by atoms with E-state index in [1.807, 2.05) is 6.92 Å². The number of rotatable bonds is 7. The second kappa shape index (κ2) is 7.69. The highest BCUT2D eigenvalue weighted by atomic mass is 32.2. The Balaban J connectivity index is 2.24. The molecule has 0 radical (unpaired) electrons. The summed E-state index contributed by atoms with van der Waals surface area (Å²) in [6.45, 7) is 3.38. The van der Waals surface area contributed by atoms with Gasteiger partial charge in [-0.15, -0.1) is 0 Å². The molecule has 7 heteroatoms. The largest absolute Gasteiger partial charge is 0.370 e. The van der Waals surface area contributed by atoms with Crippen molar-refractivity contribution in [2.24, 2.45) is 10.7 Å². The van der Waals surface area contributed by atoms with Crippen molar-refractivity contribution >= 4 is 16.0 Å². The predicted octanol–water partition coefficient (Wildman–Crippen LogP) is 0.505. The minimum atomic E-state index is -3.10. The zero-order valence-electron chi connectivity index (χ0n) is 11.9. The normalized spacial score (nSPS) is 18.2. The number of hydrogen-bond donors (Lipinski definition) is 2. The van der Waals surface area contributed by atoms with Gasteiger partial charge < -0.3 is 11.1 Å². The van der Waals surface area contributed by atoms with E-state index >= 15 is 0 Å². The maximum Gasteiger partial charge on any atom is 0.211 e. The molecular weight excluding hydrogens is 264 g/mol. The monoisotopic (exact) mass is 290 g/mol. The average molecular weight is 290 g/mol. The van der Waals surface area contributed by atoms with E-state index in [2.05, 4.69) is 10.3 Å². The molecule has 0 aromatic rings. The molecule has 0 amide bonds. The smallest absolute Gasteiger partial charge is 0.211 e. The van der Waals surface area contributed by atoms with Gasteiger partial charge in [0.05, 0.1) is 6.26 Å². The number of hydrogen-bond acceptors (Lipinski definition) is 3. The molecule has 0 bridgehead atoms. The molecule has 1 aliphatic carbocycles. The van der Waals surface area contributed by atoms with Crippen molar-refractivity contribution in [3.63, 3.8) is 0 Å². The second-order valence-corrected chi connectivity index (χ2v) is 6.98. The molecule has 0 saturated heterocycles. The van der Waals surface area contributed by atoms with E-state index in [0.29, 0.717) is 38.1 Å². The molecule has 1 saturated carbocycles. The van der Waals surface area contributed by atoms with Gasteiger partial charge in [-0.1, -0.05) is 19.8 Å². The Morgan fingerprint density at radius 3 is 2.58 bits per heavy atom. The molecular formula is C12H26N4O2S. The highest BCUT2D eigenvalue weighted by molar-refractivity contribution is 7.88. The lowest BCUT2D eigenvalue weighted by atomic mass is 10.2. The molecule has 1 aliphatic rings. The average Bonchev–Trinajstić information content (AvgIpc) is 2.80. The fourth-order valence-electron chi connectivity index (χ4n) is 2.33. The Hall–Kier alpha value is -0.820. The summed E-state index contributed by atoms with van der Waals surface area (Å²) in [6.07, 6.45) is 6.75. The van der Waals surface area contributed by atoms with Crippen LogP contribution in [0.15, 0.2) is 4.99 Å². The van der Waals surface area contributed by atoms with E-state index in [1.54, 1.807) is 0 Å². The summed E-state index contributed by atoms with van der Waals surface area (Å²) in [6, 6.07) is 0.465. The summed E-state index contributed by atoms with van der Waals surface area (Å²) in [4.78, 5) is 4.24. The molecule has 1 rings (SSSR count). The van der Waals surface area contributed by atoms with E-state index in [-0.39, 0.29) is 0 Å². The molecule has 3 N–H and O–H groups in total. The number of nitrogens with one attached hydrogen (secondary N) is 1. The van der Waals surface area contributed by atoms with Crippen LogP contribution in [0.1, 0.15) is 39.0 Å². The highest BCUT2D eigenvalue weighted by Crippen LogP contribution is 2.17. The van der Waals surface area contributed by atoms with Gasteiger partial charge in [-0.3, -0.25) is 4.99 Å². The van der Waals surface area contributed by atoms with E-state index in [1.165, 1.54) is 23.4 Å². The number of nitrogens with two attached hydrogens (primary N) is 1. The zero-order valence-corrected chi connectivity index (χ0v) is 12.7. The molecule has 6 nitrogen and oxygen atoms in total. The summed E-state index contributed by atoms with van der Waals surface area (Å²) < 4.78 is 24.2. The number of aliphatic imine (C=N–C) groups is 1. The molecule has 19 heavy (non-hydrogen) atoms. The Labute approximate surface area is 116 Å². The van der Waals surface area contributed by atoms with Crippen molar-refractivity contribution < 1.29 is 8.42 Å². The number of sulfonamides is 1. The lowest BCUT2D eigenvalue weighted by Crippen LogP contribution is -2.38. The first-order valence-electron chi connectivity index (χ1n) is 6.95. The van der Waals surface area contributed by atoms with Crippen LogP contribution in [0.2, 0.25) is 0 Å². The summed E-state index contributed by atoms with van der Waals surface area (Å²) >= 11 is 0. The first-order chi connectivity index (χ1) is 8.93. The summed E-state index contributed by atoms with van der Waals surface area (Å²) in [5, 5.41) is 3.21. The minimum absolute atomic E-state index is 0.465. The van der Waals surface area contributed by atoms with Crippen LogP contribution in [-0.2, 0) is 10.0 Å². The van der Waals surface area contributed by atoms with Crippen LogP contribution in [0.3, 0.4) is 0 Å². The maximum absolute atomic E-state index is 11.4. The van der Waals surface area contributed by atoms with Crippen molar-refractivity contribution in [3.05, 3.63) is 0 Å². The van der Waals surface area contributed by atoms with Gasteiger partial charge in [-0.25, -0.2) is 12.7 Å². The van der Waals surface area contributed by atoms with Crippen LogP contribution >= 0.6 is 0 Å². The standard InChI is InChI=1S/C12H26N4O2S/c1-3-16(19(2,17)18)10-6-9-14-12(13)15-11-7-4-5-8-11/h11H,3-10H2,1-2H3,(H3,13,14,15). The van der Waals surface area contributed by atoms with E-state index in [0.717, 1.165) is 12.8 Å². The van der Waals surface area contributed by atoms with E-state index in [4.69, 9.17) is 5.73 Å². The summed E-state index contributed by atoms with van der Waals surface area (Å²) in [5.74, 6) is 0.481. The molecule has 112 valence electrons. The van der Waals surface area contributed by atoms with Crippen molar-refractivity contribution in [1.29, 1.82) is 0 Å². The van der Waals surface area contributed by atoms with Crippen molar-refractivity contribution in [2.75, 3.05) is 25.9 Å². The topological polar surface area (TPSA) is 87.8 Å². The van der Waals surface area contributed by atoms with Crippen molar-refractivity contribution in [3.8, 4) is 0 Å². The SMILES string of the molecule is CCN(CCCN=C(N)NC1CCCC1)S(C)(=O)=O. The Kier molecular flexibility index (Phi) is 6.57. The number of nitrogens with zero attached hydrogens (tertiary/aromatic N) is 2. The third-order valence-electron chi connectivity index (χ3n) is 3.38. The van der Waals surface area contributed by atoms with E-state index in [9.17, 15) is 8.42 Å². The third kappa shape index (κ3) is 6.24. The van der Waals surface area contributed by atoms with Gasteiger partial charge in [0, 0.05) is 25.7 Å². The van der Waals surface area contributed by atoms with Crippen LogP contribution in [-0.4, -0.2) is 50.6 Å². The first-order valence-corrected chi connectivity index (χ1v) is 8.80. The fourth-order valence-corrected chi connectivity index (χ4v) is 3.26. The predicted molar refractivity (Wildman–Crippen MR) is 78.6 cm³/mol. The zero-order chi connectivity index (χ0) is 14.3. The lowest BCUT2D eigenvalue weighted by Gasteiger charge is -2.17. The molecule has 1 fully saturated rings. The van der Waals surface area contributed by atoms with Crippen LogP contribution in [0.5, 0.6) is 0 Å². The third-order valence-corrected chi connectivity index (χ3v) is 4.76. The molecule has 0 atom stereocenters. The van der Waals surface area contributed by atoms with Gasteiger partial charge in [0.1, 0.15) is 0 Å². The Bertz CT molecular complexity index is 389. The van der Waals surface area contributed by atoms with Gasteiger partial charge in [-0.05, 0) is 19.3 Å². The molecule has 0 aromatic heterocycles. The second-order valence-electron chi connectivity index (χ2n) is 5.00. The molecule has 0 aliphatic heterocycles. The van der Waals surface area contributed by atoms with Gasteiger partial charge >= 0.3 is 0 Å². The first kappa shape index (κ1) is 16.2. The van der Waals surface area contributed by atoms with Gasteiger partial charge in [0.25, 0.3) is 0 Å². The number of guanidine groups is 1. The molecule has 0 heterocycles. The summed E-state index contributed by atoms with van der Waals surface area (Å²) in [5.41, 5.74) is 5.80.